The van der Waals surface area contributed by atoms with E-state index in [-0.39, 0.29) is 0 Å². The zero-order valence-electron chi connectivity index (χ0n) is 8.12. The highest BCUT2D eigenvalue weighted by Gasteiger charge is 2.40. The van der Waals surface area contributed by atoms with Crippen LogP contribution >= 0.6 is 0 Å². The summed E-state index contributed by atoms with van der Waals surface area (Å²) in [6.45, 7) is 6.76. The van der Waals surface area contributed by atoms with Gasteiger partial charge in [0.25, 0.3) is 0 Å². The molecule has 0 spiro atoms. The van der Waals surface area contributed by atoms with Crippen LogP contribution in [0.4, 0.5) is 0 Å². The van der Waals surface area contributed by atoms with Crippen LogP contribution < -0.4 is 0 Å². The van der Waals surface area contributed by atoms with Gasteiger partial charge < -0.3 is 4.74 Å². The van der Waals surface area contributed by atoms with Gasteiger partial charge in [-0.15, -0.1) is 0 Å². The SMILES string of the molecule is CCC(CC)N1CC2CC1CO2. The summed E-state index contributed by atoms with van der Waals surface area (Å²) in [5.41, 5.74) is 0. The van der Waals surface area contributed by atoms with Gasteiger partial charge in [-0.3, -0.25) is 4.90 Å². The van der Waals surface area contributed by atoms with E-state index in [1.807, 2.05) is 0 Å². The van der Waals surface area contributed by atoms with Crippen LogP contribution in [0.2, 0.25) is 0 Å². The molecule has 0 aromatic heterocycles. The van der Waals surface area contributed by atoms with Crippen molar-refractivity contribution in [2.24, 2.45) is 0 Å². The first-order valence-electron chi connectivity index (χ1n) is 5.22. The van der Waals surface area contributed by atoms with Crippen molar-refractivity contribution in [3.8, 4) is 0 Å². The van der Waals surface area contributed by atoms with Crippen LogP contribution in [0.15, 0.2) is 0 Å². The van der Waals surface area contributed by atoms with Gasteiger partial charge in [-0.25, -0.2) is 0 Å². The molecular weight excluding hydrogens is 150 g/mol. The largest absolute Gasteiger partial charge is 0.375 e. The molecule has 0 aliphatic carbocycles. The lowest BCUT2D eigenvalue weighted by molar-refractivity contribution is 0.00982. The number of hydrogen-bond donors (Lipinski definition) is 0. The maximum absolute atomic E-state index is 5.58. The van der Waals surface area contributed by atoms with Crippen molar-refractivity contribution in [3.63, 3.8) is 0 Å². The summed E-state index contributed by atoms with van der Waals surface area (Å²) in [6.07, 6.45) is 4.44. The molecule has 2 atom stereocenters. The highest BCUT2D eigenvalue weighted by Crippen LogP contribution is 2.30. The van der Waals surface area contributed by atoms with E-state index < -0.39 is 0 Å². The minimum absolute atomic E-state index is 0.565. The van der Waals surface area contributed by atoms with Gasteiger partial charge in [0.1, 0.15) is 0 Å². The van der Waals surface area contributed by atoms with Crippen molar-refractivity contribution in [2.45, 2.75) is 51.3 Å². The topological polar surface area (TPSA) is 12.5 Å². The Morgan fingerprint density at radius 1 is 1.42 bits per heavy atom. The first-order chi connectivity index (χ1) is 5.85. The third kappa shape index (κ3) is 1.27. The first kappa shape index (κ1) is 8.52. The molecule has 0 aromatic carbocycles. The zero-order chi connectivity index (χ0) is 8.55. The number of likely N-dealkylation sites (tertiary alicyclic amines) is 1. The van der Waals surface area contributed by atoms with Crippen molar-refractivity contribution in [3.05, 3.63) is 0 Å². The lowest BCUT2D eigenvalue weighted by Crippen LogP contribution is -2.43. The molecule has 2 unspecified atom stereocenters. The molecule has 0 aromatic rings. The molecule has 2 fully saturated rings. The second kappa shape index (κ2) is 3.35. The molecule has 2 heteroatoms. The highest BCUT2D eigenvalue weighted by molar-refractivity contribution is 4.93. The van der Waals surface area contributed by atoms with E-state index in [4.69, 9.17) is 4.74 Å². The van der Waals surface area contributed by atoms with Crippen LogP contribution in [0.3, 0.4) is 0 Å². The van der Waals surface area contributed by atoms with Gasteiger partial charge in [0.2, 0.25) is 0 Å². The maximum Gasteiger partial charge on any atom is 0.0718 e. The number of hydrogen-bond acceptors (Lipinski definition) is 2. The van der Waals surface area contributed by atoms with E-state index in [0.29, 0.717) is 6.10 Å². The standard InChI is InChI=1S/C10H19NO/c1-3-8(4-2)11-6-10-5-9(11)7-12-10/h8-10H,3-7H2,1-2H3. The average molecular weight is 169 g/mol. The summed E-state index contributed by atoms with van der Waals surface area (Å²) in [5.74, 6) is 0. The molecule has 12 heavy (non-hydrogen) atoms. The molecule has 2 rings (SSSR count). The van der Waals surface area contributed by atoms with Crippen molar-refractivity contribution in [1.29, 1.82) is 0 Å². The molecule has 0 N–H and O–H groups in total. The van der Waals surface area contributed by atoms with E-state index in [1.54, 1.807) is 0 Å². The van der Waals surface area contributed by atoms with E-state index in [0.717, 1.165) is 18.7 Å². The summed E-state index contributed by atoms with van der Waals surface area (Å²) in [7, 11) is 0. The van der Waals surface area contributed by atoms with Gasteiger partial charge in [0.05, 0.1) is 12.7 Å². The minimum atomic E-state index is 0.565. The van der Waals surface area contributed by atoms with E-state index >= 15 is 0 Å². The second-order valence-corrected chi connectivity index (χ2v) is 4.01. The molecule has 2 aliphatic heterocycles. The molecular formula is C10H19NO. The quantitative estimate of drug-likeness (QED) is 0.637. The van der Waals surface area contributed by atoms with Gasteiger partial charge in [-0.2, -0.15) is 0 Å². The van der Waals surface area contributed by atoms with Crippen LogP contribution in [0.25, 0.3) is 0 Å². The molecule has 0 radical (unpaired) electrons. The Hall–Kier alpha value is -0.0800. The number of ether oxygens (including phenoxy) is 1. The van der Waals surface area contributed by atoms with Gasteiger partial charge in [-0.1, -0.05) is 13.8 Å². The third-order valence-electron chi connectivity index (χ3n) is 3.35. The van der Waals surface area contributed by atoms with Crippen molar-refractivity contribution in [2.75, 3.05) is 13.2 Å². The average Bonchev–Trinajstić information content (AvgIpc) is 2.67. The highest BCUT2D eigenvalue weighted by atomic mass is 16.5. The van der Waals surface area contributed by atoms with Crippen LogP contribution in [0, 0.1) is 0 Å². The Balaban J connectivity index is 1.96. The number of nitrogens with zero attached hydrogens (tertiary/aromatic N) is 1. The summed E-state index contributed by atoms with van der Waals surface area (Å²) >= 11 is 0. The van der Waals surface area contributed by atoms with E-state index in [9.17, 15) is 0 Å². The summed E-state index contributed by atoms with van der Waals surface area (Å²) in [6, 6.07) is 1.56. The first-order valence-corrected chi connectivity index (χ1v) is 5.22. The lowest BCUT2D eigenvalue weighted by atomic mass is 10.1. The second-order valence-electron chi connectivity index (χ2n) is 4.01. The molecule has 2 saturated heterocycles. The maximum atomic E-state index is 5.58. The fourth-order valence-corrected chi connectivity index (χ4v) is 2.63. The predicted octanol–water partition coefficient (Wildman–Crippen LogP) is 1.65. The molecule has 2 nitrogen and oxygen atoms in total. The smallest absolute Gasteiger partial charge is 0.0718 e. The van der Waals surface area contributed by atoms with Crippen molar-refractivity contribution in [1.82, 2.24) is 4.90 Å². The van der Waals surface area contributed by atoms with Crippen LogP contribution in [-0.4, -0.2) is 36.2 Å². The molecule has 0 amide bonds. The summed E-state index contributed by atoms with van der Waals surface area (Å²) in [5, 5.41) is 0. The van der Waals surface area contributed by atoms with Crippen LogP contribution in [-0.2, 0) is 4.74 Å². The molecule has 2 heterocycles. The van der Waals surface area contributed by atoms with E-state index in [1.165, 1.54) is 25.8 Å². The summed E-state index contributed by atoms with van der Waals surface area (Å²) < 4.78 is 5.58. The third-order valence-corrected chi connectivity index (χ3v) is 3.35. The van der Waals surface area contributed by atoms with Gasteiger partial charge >= 0.3 is 0 Å². The van der Waals surface area contributed by atoms with Crippen molar-refractivity contribution >= 4 is 0 Å². The molecule has 2 bridgehead atoms. The van der Waals surface area contributed by atoms with Crippen LogP contribution in [0.5, 0.6) is 0 Å². The Labute approximate surface area is 74.9 Å². The molecule has 2 aliphatic rings. The Morgan fingerprint density at radius 3 is 2.58 bits per heavy atom. The Morgan fingerprint density at radius 2 is 2.17 bits per heavy atom. The summed E-state index contributed by atoms with van der Waals surface area (Å²) in [4.78, 5) is 2.66. The molecule has 70 valence electrons. The van der Waals surface area contributed by atoms with E-state index in [2.05, 4.69) is 18.7 Å². The molecule has 0 saturated carbocycles. The Bertz CT molecular complexity index is 156. The minimum Gasteiger partial charge on any atom is -0.375 e. The number of morpholine rings is 1. The predicted molar refractivity (Wildman–Crippen MR) is 49.2 cm³/mol. The van der Waals surface area contributed by atoms with Gasteiger partial charge in [0, 0.05) is 18.6 Å². The monoisotopic (exact) mass is 169 g/mol. The Kier molecular flexibility index (Phi) is 2.37. The van der Waals surface area contributed by atoms with Gasteiger partial charge in [0.15, 0.2) is 0 Å². The normalized spacial score (nSPS) is 35.2. The van der Waals surface area contributed by atoms with Crippen LogP contribution in [0.1, 0.15) is 33.1 Å². The van der Waals surface area contributed by atoms with Crippen molar-refractivity contribution < 1.29 is 4.74 Å². The fourth-order valence-electron chi connectivity index (χ4n) is 2.63. The fraction of sp³-hybridized carbons (Fsp3) is 1.00. The van der Waals surface area contributed by atoms with Gasteiger partial charge in [-0.05, 0) is 19.3 Å². The number of fused-ring (bicyclic) bond motifs is 2. The number of rotatable bonds is 3. The zero-order valence-corrected chi connectivity index (χ0v) is 8.12. The lowest BCUT2D eigenvalue weighted by Gasteiger charge is -2.33.